The lowest BCUT2D eigenvalue weighted by molar-refractivity contribution is -0.188. The average molecular weight is 366 g/mol. The summed E-state index contributed by atoms with van der Waals surface area (Å²) >= 11 is 5.91. The minimum Gasteiger partial charge on any atom is -0.483 e. The van der Waals surface area contributed by atoms with E-state index < -0.39 is 49.6 Å². The predicted molar refractivity (Wildman–Crippen MR) is 78.9 cm³/mol. The molecule has 1 amide bonds. The number of carbonyl (C=O) groups is 2. The Bertz CT molecular complexity index is 650. The van der Waals surface area contributed by atoms with Crippen molar-refractivity contribution in [3.8, 4) is 5.75 Å². The number of nitrogens with zero attached hydrogens (tertiary/aromatic N) is 1. The van der Waals surface area contributed by atoms with Crippen molar-refractivity contribution in [1.29, 1.82) is 0 Å². The highest BCUT2D eigenvalue weighted by Crippen LogP contribution is 2.37. The fourth-order valence-electron chi connectivity index (χ4n) is 2.56. The van der Waals surface area contributed by atoms with E-state index >= 15 is 0 Å². The summed E-state index contributed by atoms with van der Waals surface area (Å²) in [5.74, 6) is -5.67. The predicted octanol–water partition coefficient (Wildman–Crippen LogP) is 2.75. The van der Waals surface area contributed by atoms with Gasteiger partial charge in [-0.25, -0.2) is 0 Å². The smallest absolute Gasteiger partial charge is 0.394 e. The normalized spacial score (nSPS) is 21.0. The number of carboxylic acids is 1. The van der Waals surface area contributed by atoms with Crippen LogP contribution < -0.4 is 4.74 Å². The van der Waals surface area contributed by atoms with E-state index in [0.717, 1.165) is 4.90 Å². The Balaban J connectivity index is 2.03. The van der Waals surface area contributed by atoms with E-state index in [1.807, 2.05) is 0 Å². The second-order valence-corrected chi connectivity index (χ2v) is 5.95. The molecule has 9 heteroatoms. The minimum atomic E-state index is -4.68. The van der Waals surface area contributed by atoms with Crippen molar-refractivity contribution >= 4 is 23.5 Å². The van der Waals surface area contributed by atoms with E-state index in [1.165, 1.54) is 0 Å². The van der Waals surface area contributed by atoms with Crippen LogP contribution in [0.4, 0.5) is 13.2 Å². The highest BCUT2D eigenvalue weighted by atomic mass is 35.5. The number of alkyl halides is 3. The molecule has 132 valence electrons. The summed E-state index contributed by atoms with van der Waals surface area (Å²) in [4.78, 5) is 23.9. The van der Waals surface area contributed by atoms with Gasteiger partial charge in [-0.15, -0.1) is 0 Å². The number of halogens is 4. The maximum absolute atomic E-state index is 12.9. The Morgan fingerprint density at radius 2 is 2.04 bits per heavy atom. The molecule has 2 atom stereocenters. The largest absolute Gasteiger partial charge is 0.483 e. The van der Waals surface area contributed by atoms with E-state index in [-0.39, 0.29) is 0 Å². The molecule has 1 N–H and O–H groups in total. The molecule has 1 aliphatic rings. The topological polar surface area (TPSA) is 66.8 Å². The number of hydrogen-bond donors (Lipinski definition) is 1. The fraction of sp³-hybridized carbons (Fsp3) is 0.467. The fourth-order valence-corrected chi connectivity index (χ4v) is 2.73. The van der Waals surface area contributed by atoms with Crippen LogP contribution in [-0.2, 0) is 9.59 Å². The summed E-state index contributed by atoms with van der Waals surface area (Å²) in [5, 5.41) is 9.37. The van der Waals surface area contributed by atoms with Crippen LogP contribution in [0.2, 0.25) is 5.02 Å². The molecule has 1 saturated heterocycles. The molecule has 1 aromatic rings. The second-order valence-electron chi connectivity index (χ2n) is 5.54. The monoisotopic (exact) mass is 365 g/mol. The molecular formula is C15H15ClF3NO4. The van der Waals surface area contributed by atoms with Gasteiger partial charge in [-0.3, -0.25) is 9.59 Å². The zero-order valence-electron chi connectivity index (χ0n) is 12.6. The quantitative estimate of drug-likeness (QED) is 0.891. The molecule has 0 spiro atoms. The highest BCUT2D eigenvalue weighted by Gasteiger charge is 2.53. The maximum Gasteiger partial charge on any atom is 0.394 e. The van der Waals surface area contributed by atoms with Gasteiger partial charge in [0.1, 0.15) is 5.75 Å². The Hall–Kier alpha value is -1.96. The molecule has 0 saturated carbocycles. The van der Waals surface area contributed by atoms with Crippen LogP contribution in [-0.4, -0.2) is 47.8 Å². The van der Waals surface area contributed by atoms with Crippen LogP contribution >= 0.6 is 11.6 Å². The lowest BCUT2D eigenvalue weighted by Gasteiger charge is -2.18. The van der Waals surface area contributed by atoms with E-state index in [9.17, 15) is 22.8 Å². The third kappa shape index (κ3) is 3.92. The molecule has 0 aliphatic carbocycles. The number of rotatable bonds is 4. The third-order valence-electron chi connectivity index (χ3n) is 3.98. The lowest BCUT2D eigenvalue weighted by atomic mass is 9.96. The van der Waals surface area contributed by atoms with Crippen LogP contribution in [0.15, 0.2) is 18.2 Å². The van der Waals surface area contributed by atoms with Crippen molar-refractivity contribution < 1.29 is 32.6 Å². The lowest BCUT2D eigenvalue weighted by Crippen LogP contribution is -2.35. The Morgan fingerprint density at radius 3 is 2.58 bits per heavy atom. The average Bonchev–Trinajstić information content (AvgIpc) is 2.94. The molecule has 1 aromatic carbocycles. The molecule has 0 unspecified atom stereocenters. The van der Waals surface area contributed by atoms with Gasteiger partial charge in [0.25, 0.3) is 5.91 Å². The van der Waals surface area contributed by atoms with Gasteiger partial charge in [0.05, 0.1) is 11.8 Å². The van der Waals surface area contributed by atoms with Crippen molar-refractivity contribution in [2.75, 3.05) is 19.7 Å². The number of aliphatic carboxylic acids is 1. The van der Waals surface area contributed by atoms with E-state index in [4.69, 9.17) is 21.4 Å². The van der Waals surface area contributed by atoms with Gasteiger partial charge < -0.3 is 14.7 Å². The van der Waals surface area contributed by atoms with Crippen LogP contribution in [0.25, 0.3) is 0 Å². The Morgan fingerprint density at radius 1 is 1.38 bits per heavy atom. The Labute approximate surface area is 141 Å². The molecule has 24 heavy (non-hydrogen) atoms. The van der Waals surface area contributed by atoms with Crippen LogP contribution in [0.1, 0.15) is 5.56 Å². The van der Waals surface area contributed by atoms with Crippen LogP contribution in [0.5, 0.6) is 5.75 Å². The summed E-state index contributed by atoms with van der Waals surface area (Å²) in [6.07, 6.45) is -4.68. The second kappa shape index (κ2) is 6.88. The van der Waals surface area contributed by atoms with Gasteiger partial charge in [0, 0.05) is 23.7 Å². The number of benzene rings is 1. The number of ether oxygens (including phenoxy) is 1. The van der Waals surface area contributed by atoms with Crippen molar-refractivity contribution in [1.82, 2.24) is 4.90 Å². The number of amides is 1. The summed E-state index contributed by atoms with van der Waals surface area (Å²) in [6, 6.07) is 4.83. The first-order valence-corrected chi connectivity index (χ1v) is 7.44. The molecule has 1 heterocycles. The van der Waals surface area contributed by atoms with Crippen molar-refractivity contribution in [2.24, 2.45) is 11.8 Å². The first-order valence-electron chi connectivity index (χ1n) is 7.06. The molecule has 1 aliphatic heterocycles. The van der Waals surface area contributed by atoms with Gasteiger partial charge >= 0.3 is 12.1 Å². The standard InChI is InChI=1S/C15H15ClF3NO4/c1-8-11(16)3-2-4-12(8)24-7-13(21)20-5-9(14(22)23)10(6-20)15(17,18)19/h2-4,9-10H,5-7H2,1H3,(H,22,23)/t9-,10-/m1/s1. The summed E-state index contributed by atoms with van der Waals surface area (Å²) in [5.41, 5.74) is 0.602. The molecule has 2 rings (SSSR count). The first kappa shape index (κ1) is 18.4. The number of carboxylic acid groups (broad SMARTS) is 1. The number of carbonyl (C=O) groups excluding carboxylic acids is 1. The molecule has 5 nitrogen and oxygen atoms in total. The van der Waals surface area contributed by atoms with Crippen molar-refractivity contribution in [3.63, 3.8) is 0 Å². The molecular weight excluding hydrogens is 351 g/mol. The zero-order valence-corrected chi connectivity index (χ0v) is 13.4. The van der Waals surface area contributed by atoms with Crippen molar-refractivity contribution in [2.45, 2.75) is 13.1 Å². The Kier molecular flexibility index (Phi) is 5.27. The van der Waals surface area contributed by atoms with Gasteiger partial charge in [-0.2, -0.15) is 13.2 Å². The zero-order chi connectivity index (χ0) is 18.1. The summed E-state index contributed by atoms with van der Waals surface area (Å²) in [7, 11) is 0. The SMILES string of the molecule is Cc1c(Cl)cccc1OCC(=O)N1C[C@@H](C(F)(F)F)[C@H](C(=O)O)C1. The minimum absolute atomic E-state index is 0.345. The summed E-state index contributed by atoms with van der Waals surface area (Å²) < 4.78 is 44.0. The highest BCUT2D eigenvalue weighted by molar-refractivity contribution is 6.31. The van der Waals surface area contributed by atoms with Gasteiger partial charge in [-0.1, -0.05) is 17.7 Å². The third-order valence-corrected chi connectivity index (χ3v) is 4.39. The number of likely N-dealkylation sites (tertiary alicyclic amines) is 1. The number of hydrogen-bond acceptors (Lipinski definition) is 3. The van der Waals surface area contributed by atoms with Crippen molar-refractivity contribution in [3.05, 3.63) is 28.8 Å². The van der Waals surface area contributed by atoms with E-state index in [2.05, 4.69) is 0 Å². The van der Waals surface area contributed by atoms with Crippen LogP contribution in [0, 0.1) is 18.8 Å². The van der Waals surface area contributed by atoms with Gasteiger partial charge in [0.2, 0.25) is 0 Å². The van der Waals surface area contributed by atoms with Gasteiger partial charge in [-0.05, 0) is 19.1 Å². The summed E-state index contributed by atoms with van der Waals surface area (Å²) in [6.45, 7) is 0.0175. The molecule has 0 radical (unpaired) electrons. The first-order chi connectivity index (χ1) is 11.1. The van der Waals surface area contributed by atoms with E-state index in [1.54, 1.807) is 25.1 Å². The molecule has 1 fully saturated rings. The maximum atomic E-state index is 12.9. The molecule has 0 bridgehead atoms. The van der Waals surface area contributed by atoms with Gasteiger partial charge in [0.15, 0.2) is 6.61 Å². The van der Waals surface area contributed by atoms with Crippen LogP contribution in [0.3, 0.4) is 0 Å². The molecule has 0 aromatic heterocycles. The van der Waals surface area contributed by atoms with E-state index in [0.29, 0.717) is 16.3 Å².